The molecule has 2 heterocycles. The van der Waals surface area contributed by atoms with Gasteiger partial charge in [0.15, 0.2) is 0 Å². The molecule has 4 nitrogen and oxygen atoms in total. The summed E-state index contributed by atoms with van der Waals surface area (Å²) in [6, 6.07) is 8.38. The highest BCUT2D eigenvalue weighted by Crippen LogP contribution is 2.24. The van der Waals surface area contributed by atoms with Gasteiger partial charge in [0, 0.05) is 19.6 Å². The molecule has 5 heteroatoms. The third-order valence-corrected chi connectivity index (χ3v) is 5.26. The van der Waals surface area contributed by atoms with E-state index in [2.05, 4.69) is 22.3 Å². The van der Waals surface area contributed by atoms with Crippen LogP contribution >= 0.6 is 12.4 Å². The molecule has 0 aliphatic carbocycles. The van der Waals surface area contributed by atoms with E-state index >= 15 is 0 Å². The van der Waals surface area contributed by atoms with Crippen LogP contribution in [0.3, 0.4) is 0 Å². The summed E-state index contributed by atoms with van der Waals surface area (Å²) in [7, 11) is 1.70. The molecule has 1 amide bonds. The number of carbonyl (C=O) groups is 1. The van der Waals surface area contributed by atoms with E-state index in [1.807, 2.05) is 12.1 Å². The van der Waals surface area contributed by atoms with Crippen LogP contribution in [0.4, 0.5) is 0 Å². The lowest BCUT2D eigenvalue weighted by molar-refractivity contribution is -0.137. The summed E-state index contributed by atoms with van der Waals surface area (Å²) < 4.78 is 5.21. The third-order valence-electron chi connectivity index (χ3n) is 5.26. The van der Waals surface area contributed by atoms with Gasteiger partial charge in [0.1, 0.15) is 5.75 Å². The summed E-state index contributed by atoms with van der Waals surface area (Å²) >= 11 is 0. The molecule has 1 N–H and O–H groups in total. The summed E-state index contributed by atoms with van der Waals surface area (Å²) in [6.45, 7) is 3.78. The number of likely N-dealkylation sites (tertiary alicyclic amines) is 1. The van der Waals surface area contributed by atoms with E-state index in [0.717, 1.165) is 64.0 Å². The normalized spacial score (nSPS) is 21.9. The molecule has 0 radical (unpaired) electrons. The van der Waals surface area contributed by atoms with Gasteiger partial charge in [-0.1, -0.05) is 12.1 Å². The Kier molecular flexibility index (Phi) is 7.38. The Bertz CT molecular complexity index is 507. The summed E-state index contributed by atoms with van der Waals surface area (Å²) in [5.41, 5.74) is 1.37. The highest BCUT2D eigenvalue weighted by molar-refractivity contribution is 5.85. The highest BCUT2D eigenvalue weighted by atomic mass is 35.5. The van der Waals surface area contributed by atoms with E-state index in [1.165, 1.54) is 5.56 Å². The van der Waals surface area contributed by atoms with Crippen LogP contribution in [0.15, 0.2) is 24.3 Å². The predicted octanol–water partition coefficient (Wildman–Crippen LogP) is 2.90. The van der Waals surface area contributed by atoms with Gasteiger partial charge >= 0.3 is 0 Å². The molecule has 2 aliphatic heterocycles. The van der Waals surface area contributed by atoms with Crippen LogP contribution < -0.4 is 10.1 Å². The molecule has 2 aliphatic rings. The van der Waals surface area contributed by atoms with Crippen molar-refractivity contribution in [3.8, 4) is 5.75 Å². The first-order valence-corrected chi connectivity index (χ1v) is 8.88. The van der Waals surface area contributed by atoms with E-state index in [-0.39, 0.29) is 18.3 Å². The number of halogens is 1. The van der Waals surface area contributed by atoms with Gasteiger partial charge in [0.2, 0.25) is 5.91 Å². The van der Waals surface area contributed by atoms with Crippen molar-refractivity contribution >= 4 is 18.3 Å². The number of carbonyl (C=O) groups excluding carboxylic acids is 1. The van der Waals surface area contributed by atoms with Gasteiger partial charge < -0.3 is 15.0 Å². The summed E-state index contributed by atoms with van der Waals surface area (Å²) in [5.74, 6) is 2.19. The molecule has 0 bridgehead atoms. The fourth-order valence-corrected chi connectivity index (χ4v) is 3.77. The highest BCUT2D eigenvalue weighted by Gasteiger charge is 2.29. The number of amides is 1. The van der Waals surface area contributed by atoms with Gasteiger partial charge in [0.05, 0.1) is 13.0 Å². The van der Waals surface area contributed by atoms with Crippen LogP contribution in [0.2, 0.25) is 0 Å². The first-order valence-electron chi connectivity index (χ1n) is 8.88. The van der Waals surface area contributed by atoms with E-state index < -0.39 is 0 Å². The topological polar surface area (TPSA) is 41.6 Å². The number of piperidine rings is 2. The third kappa shape index (κ3) is 4.87. The summed E-state index contributed by atoms with van der Waals surface area (Å²) in [5, 5.41) is 3.35. The molecular weight excluding hydrogens is 324 g/mol. The second-order valence-electron chi connectivity index (χ2n) is 6.86. The van der Waals surface area contributed by atoms with Crippen LogP contribution in [-0.4, -0.2) is 44.1 Å². The number of methoxy groups -OCH3 is 1. The maximum absolute atomic E-state index is 12.6. The van der Waals surface area contributed by atoms with E-state index in [9.17, 15) is 4.79 Å². The number of rotatable bonds is 4. The standard InChI is InChI=1S/C19H28N2O2.ClH/c1-23-18-6-4-15(5-7-18)13-16-8-11-21(12-9-16)19(22)17-3-2-10-20-14-17;/h4-7,16-17,20H,2-3,8-14H2,1H3;1H. The monoisotopic (exact) mass is 352 g/mol. The zero-order chi connectivity index (χ0) is 16.1. The van der Waals surface area contributed by atoms with Crippen LogP contribution in [0, 0.1) is 11.8 Å². The molecule has 2 saturated heterocycles. The first-order chi connectivity index (χ1) is 11.3. The Labute approximate surface area is 151 Å². The van der Waals surface area contributed by atoms with Crippen LogP contribution in [0.5, 0.6) is 5.75 Å². The number of nitrogens with zero attached hydrogens (tertiary/aromatic N) is 1. The Morgan fingerprint density at radius 3 is 2.50 bits per heavy atom. The molecule has 2 fully saturated rings. The van der Waals surface area contributed by atoms with Crippen molar-refractivity contribution in [3.05, 3.63) is 29.8 Å². The number of nitrogens with one attached hydrogen (secondary N) is 1. The van der Waals surface area contributed by atoms with Crippen molar-refractivity contribution in [2.24, 2.45) is 11.8 Å². The minimum absolute atomic E-state index is 0. The maximum atomic E-state index is 12.6. The molecule has 1 unspecified atom stereocenters. The predicted molar refractivity (Wildman–Crippen MR) is 98.8 cm³/mol. The van der Waals surface area contributed by atoms with Gasteiger partial charge in [-0.25, -0.2) is 0 Å². The lowest BCUT2D eigenvalue weighted by Crippen LogP contribution is -2.46. The SMILES string of the molecule is COc1ccc(CC2CCN(C(=O)C3CCCNC3)CC2)cc1.Cl. The molecule has 0 saturated carbocycles. The second kappa shape index (κ2) is 9.28. The van der Waals surface area contributed by atoms with Gasteiger partial charge in [0.25, 0.3) is 0 Å². The minimum Gasteiger partial charge on any atom is -0.497 e. The number of hydrogen-bond acceptors (Lipinski definition) is 3. The fourth-order valence-electron chi connectivity index (χ4n) is 3.77. The van der Waals surface area contributed by atoms with Gasteiger partial charge in [-0.15, -0.1) is 12.4 Å². The average Bonchev–Trinajstić information content (AvgIpc) is 2.63. The number of ether oxygens (including phenoxy) is 1. The summed E-state index contributed by atoms with van der Waals surface area (Å²) in [4.78, 5) is 14.7. The molecule has 1 aromatic rings. The largest absolute Gasteiger partial charge is 0.497 e. The smallest absolute Gasteiger partial charge is 0.226 e. The molecule has 24 heavy (non-hydrogen) atoms. The average molecular weight is 353 g/mol. The lowest BCUT2D eigenvalue weighted by Gasteiger charge is -2.35. The molecule has 134 valence electrons. The van der Waals surface area contributed by atoms with Gasteiger partial charge in [-0.2, -0.15) is 0 Å². The van der Waals surface area contributed by atoms with Crippen LogP contribution in [0.25, 0.3) is 0 Å². The van der Waals surface area contributed by atoms with E-state index in [1.54, 1.807) is 7.11 Å². The molecular formula is C19H29ClN2O2. The molecule has 1 atom stereocenters. The quantitative estimate of drug-likeness (QED) is 0.905. The van der Waals surface area contributed by atoms with Crippen molar-refractivity contribution in [1.29, 1.82) is 0 Å². The van der Waals surface area contributed by atoms with Crippen LogP contribution in [0.1, 0.15) is 31.2 Å². The Hall–Kier alpha value is -1.26. The zero-order valence-electron chi connectivity index (χ0n) is 14.5. The lowest BCUT2D eigenvalue weighted by atomic mass is 9.89. The molecule has 3 rings (SSSR count). The van der Waals surface area contributed by atoms with Crippen molar-refractivity contribution in [2.45, 2.75) is 32.1 Å². The molecule has 0 aromatic heterocycles. The first kappa shape index (κ1) is 19.1. The Balaban J connectivity index is 0.00000208. The zero-order valence-corrected chi connectivity index (χ0v) is 15.3. The fraction of sp³-hybridized carbons (Fsp3) is 0.632. The van der Waals surface area contributed by atoms with Gasteiger partial charge in [-0.3, -0.25) is 4.79 Å². The van der Waals surface area contributed by atoms with Crippen molar-refractivity contribution < 1.29 is 9.53 Å². The number of hydrogen-bond donors (Lipinski definition) is 1. The Morgan fingerprint density at radius 2 is 1.92 bits per heavy atom. The van der Waals surface area contributed by atoms with Crippen LogP contribution in [-0.2, 0) is 11.2 Å². The molecule has 0 spiro atoms. The van der Waals surface area contributed by atoms with E-state index in [0.29, 0.717) is 11.8 Å². The summed E-state index contributed by atoms with van der Waals surface area (Å²) in [6.07, 6.45) is 5.54. The molecule has 1 aromatic carbocycles. The minimum atomic E-state index is 0. The van der Waals surface area contributed by atoms with Gasteiger partial charge in [-0.05, 0) is 62.3 Å². The van der Waals surface area contributed by atoms with E-state index in [4.69, 9.17) is 4.74 Å². The van der Waals surface area contributed by atoms with Crippen molar-refractivity contribution in [1.82, 2.24) is 10.2 Å². The number of benzene rings is 1. The van der Waals surface area contributed by atoms with Crippen molar-refractivity contribution in [3.63, 3.8) is 0 Å². The van der Waals surface area contributed by atoms with Crippen molar-refractivity contribution in [2.75, 3.05) is 33.3 Å². The maximum Gasteiger partial charge on any atom is 0.226 e. The Morgan fingerprint density at radius 1 is 1.21 bits per heavy atom. The second-order valence-corrected chi connectivity index (χ2v) is 6.86.